The van der Waals surface area contributed by atoms with Crippen LogP contribution in [0.4, 0.5) is 10.1 Å². The molecule has 0 aliphatic rings. The van der Waals surface area contributed by atoms with Gasteiger partial charge in [-0.1, -0.05) is 18.2 Å². The number of hydrogen-bond acceptors (Lipinski definition) is 4. The summed E-state index contributed by atoms with van der Waals surface area (Å²) in [5.41, 5.74) is 3.16. The molecule has 0 radical (unpaired) electrons. The molecule has 0 unspecified atom stereocenters. The normalized spacial score (nSPS) is 10.6. The zero-order valence-corrected chi connectivity index (χ0v) is 11.6. The number of hydrogen-bond donors (Lipinski definition) is 1. The van der Waals surface area contributed by atoms with Crippen molar-refractivity contribution in [2.24, 2.45) is 5.10 Å². The molecule has 0 bridgehead atoms. The Kier molecular flexibility index (Phi) is 4.57. The Morgan fingerprint density at radius 3 is 2.77 bits per heavy atom. The van der Waals surface area contributed by atoms with Gasteiger partial charge in [0.15, 0.2) is 0 Å². The van der Waals surface area contributed by atoms with E-state index in [9.17, 15) is 19.3 Å². The zero-order valence-electron chi connectivity index (χ0n) is 11.6. The summed E-state index contributed by atoms with van der Waals surface area (Å²) >= 11 is 0. The Labute approximate surface area is 125 Å². The second-order valence-corrected chi connectivity index (χ2v) is 4.51. The predicted molar refractivity (Wildman–Crippen MR) is 79.3 cm³/mol. The Bertz CT molecular complexity index is 759. The number of hydrazone groups is 1. The van der Waals surface area contributed by atoms with Crippen LogP contribution in [0.5, 0.6) is 0 Å². The average molecular weight is 301 g/mol. The van der Waals surface area contributed by atoms with Gasteiger partial charge in [-0.15, -0.1) is 0 Å². The first-order valence-electron chi connectivity index (χ1n) is 6.31. The maximum atomic E-state index is 13.0. The lowest BCUT2D eigenvalue weighted by Crippen LogP contribution is -2.17. The first-order chi connectivity index (χ1) is 10.5. The number of halogens is 1. The van der Waals surface area contributed by atoms with Crippen LogP contribution in [0.3, 0.4) is 0 Å². The summed E-state index contributed by atoms with van der Waals surface area (Å²) in [6.07, 6.45) is 1.28. The van der Waals surface area contributed by atoms with E-state index in [0.717, 1.165) is 0 Å². The largest absolute Gasteiger partial charge is 0.273 e. The van der Waals surface area contributed by atoms with Gasteiger partial charge in [0, 0.05) is 17.2 Å². The molecule has 0 heterocycles. The van der Waals surface area contributed by atoms with Gasteiger partial charge in [-0.3, -0.25) is 14.9 Å². The molecule has 2 aromatic carbocycles. The fraction of sp³-hybridized carbons (Fsp3) is 0.0667. The van der Waals surface area contributed by atoms with Gasteiger partial charge >= 0.3 is 0 Å². The molecule has 0 aromatic heterocycles. The van der Waals surface area contributed by atoms with E-state index in [4.69, 9.17) is 0 Å². The SMILES string of the molecule is Cc1ccc(C(=O)N/N=C/c2cccc(F)c2)cc1[N+](=O)[O-]. The Hall–Kier alpha value is -3.09. The lowest BCUT2D eigenvalue weighted by Gasteiger charge is -2.02. The Morgan fingerprint density at radius 1 is 1.32 bits per heavy atom. The molecular formula is C15H12FN3O3. The minimum Gasteiger partial charge on any atom is -0.267 e. The van der Waals surface area contributed by atoms with Crippen LogP contribution < -0.4 is 5.43 Å². The quantitative estimate of drug-likeness (QED) is 0.535. The van der Waals surface area contributed by atoms with Gasteiger partial charge in [0.1, 0.15) is 5.82 Å². The van der Waals surface area contributed by atoms with E-state index in [1.54, 1.807) is 13.0 Å². The number of nitro groups is 1. The van der Waals surface area contributed by atoms with Gasteiger partial charge in [-0.25, -0.2) is 9.82 Å². The number of rotatable bonds is 4. The smallest absolute Gasteiger partial charge is 0.267 e. The molecule has 0 aliphatic carbocycles. The molecule has 22 heavy (non-hydrogen) atoms. The van der Waals surface area contributed by atoms with Crippen molar-refractivity contribution < 1.29 is 14.1 Å². The molecule has 0 spiro atoms. The van der Waals surface area contributed by atoms with Crippen molar-refractivity contribution in [2.45, 2.75) is 6.92 Å². The number of amides is 1. The summed E-state index contributed by atoms with van der Waals surface area (Å²) in [5.74, 6) is -1.000. The van der Waals surface area contributed by atoms with Crippen LogP contribution in [0.2, 0.25) is 0 Å². The van der Waals surface area contributed by atoms with Crippen LogP contribution >= 0.6 is 0 Å². The highest BCUT2D eigenvalue weighted by Crippen LogP contribution is 2.19. The van der Waals surface area contributed by atoms with Crippen LogP contribution in [0.15, 0.2) is 47.6 Å². The fourth-order valence-corrected chi connectivity index (χ4v) is 1.76. The summed E-state index contributed by atoms with van der Waals surface area (Å²) in [6, 6.07) is 9.83. The van der Waals surface area contributed by atoms with Gasteiger partial charge in [0.25, 0.3) is 11.6 Å². The maximum absolute atomic E-state index is 13.0. The van der Waals surface area contributed by atoms with Gasteiger partial charge in [0.2, 0.25) is 0 Å². The summed E-state index contributed by atoms with van der Waals surface area (Å²) in [7, 11) is 0. The van der Waals surface area contributed by atoms with Crippen LogP contribution in [-0.2, 0) is 0 Å². The van der Waals surface area contributed by atoms with Crippen molar-refractivity contribution in [3.05, 3.63) is 75.1 Å². The Morgan fingerprint density at radius 2 is 2.09 bits per heavy atom. The van der Waals surface area contributed by atoms with Crippen molar-refractivity contribution in [1.82, 2.24) is 5.43 Å². The lowest BCUT2D eigenvalue weighted by molar-refractivity contribution is -0.385. The van der Waals surface area contributed by atoms with E-state index in [0.29, 0.717) is 11.1 Å². The van der Waals surface area contributed by atoms with Crippen LogP contribution in [0.1, 0.15) is 21.5 Å². The van der Waals surface area contributed by atoms with Gasteiger partial charge in [0.05, 0.1) is 11.1 Å². The summed E-state index contributed by atoms with van der Waals surface area (Å²) in [5, 5.41) is 14.5. The van der Waals surface area contributed by atoms with Crippen molar-refractivity contribution >= 4 is 17.8 Å². The monoisotopic (exact) mass is 301 g/mol. The highest BCUT2D eigenvalue weighted by Gasteiger charge is 2.14. The minimum absolute atomic E-state index is 0.119. The molecule has 0 atom stereocenters. The van der Waals surface area contributed by atoms with Crippen molar-refractivity contribution in [1.29, 1.82) is 0 Å². The average Bonchev–Trinajstić information content (AvgIpc) is 2.47. The van der Waals surface area contributed by atoms with Crippen LogP contribution in [-0.4, -0.2) is 17.0 Å². The van der Waals surface area contributed by atoms with Gasteiger partial charge in [-0.05, 0) is 30.7 Å². The second kappa shape index (κ2) is 6.57. The summed E-state index contributed by atoms with van der Waals surface area (Å²) in [4.78, 5) is 22.1. The maximum Gasteiger partial charge on any atom is 0.273 e. The summed E-state index contributed by atoms with van der Waals surface area (Å²) < 4.78 is 13.0. The van der Waals surface area contributed by atoms with E-state index in [2.05, 4.69) is 10.5 Å². The number of nitrogens with one attached hydrogen (secondary N) is 1. The highest BCUT2D eigenvalue weighted by atomic mass is 19.1. The van der Waals surface area contributed by atoms with E-state index in [1.807, 2.05) is 0 Å². The first kappa shape index (κ1) is 15.3. The van der Waals surface area contributed by atoms with E-state index >= 15 is 0 Å². The number of aryl methyl sites for hydroxylation is 1. The van der Waals surface area contributed by atoms with E-state index in [1.165, 1.54) is 42.6 Å². The molecule has 0 fully saturated rings. The van der Waals surface area contributed by atoms with Crippen molar-refractivity contribution in [3.63, 3.8) is 0 Å². The molecular weight excluding hydrogens is 289 g/mol. The molecule has 0 aliphatic heterocycles. The fourth-order valence-electron chi connectivity index (χ4n) is 1.76. The number of nitrogens with zero attached hydrogens (tertiary/aromatic N) is 2. The van der Waals surface area contributed by atoms with Gasteiger partial charge in [-0.2, -0.15) is 5.10 Å². The number of carbonyl (C=O) groups excluding carboxylic acids is 1. The summed E-state index contributed by atoms with van der Waals surface area (Å²) in [6.45, 7) is 1.59. The highest BCUT2D eigenvalue weighted by molar-refractivity contribution is 5.95. The topological polar surface area (TPSA) is 84.6 Å². The first-order valence-corrected chi connectivity index (χ1v) is 6.31. The third kappa shape index (κ3) is 3.72. The van der Waals surface area contributed by atoms with Gasteiger partial charge < -0.3 is 0 Å². The number of benzene rings is 2. The molecule has 7 heteroatoms. The molecule has 0 saturated carbocycles. The van der Waals surface area contributed by atoms with Crippen molar-refractivity contribution in [2.75, 3.05) is 0 Å². The second-order valence-electron chi connectivity index (χ2n) is 4.51. The molecule has 0 saturated heterocycles. The van der Waals surface area contributed by atoms with Crippen LogP contribution in [0.25, 0.3) is 0 Å². The molecule has 6 nitrogen and oxygen atoms in total. The Balaban J connectivity index is 2.09. The minimum atomic E-state index is -0.587. The van der Waals surface area contributed by atoms with Crippen LogP contribution in [0, 0.1) is 22.9 Å². The number of carbonyl (C=O) groups is 1. The molecule has 2 aromatic rings. The van der Waals surface area contributed by atoms with Crippen molar-refractivity contribution in [3.8, 4) is 0 Å². The standard InChI is InChI=1S/C15H12FN3O3/c1-10-5-6-12(8-14(10)19(21)22)15(20)18-17-9-11-3-2-4-13(16)7-11/h2-9H,1H3,(H,18,20)/b17-9+. The zero-order chi connectivity index (χ0) is 16.1. The molecule has 112 valence electrons. The third-order valence-electron chi connectivity index (χ3n) is 2.90. The molecule has 1 N–H and O–H groups in total. The lowest BCUT2D eigenvalue weighted by atomic mass is 10.1. The predicted octanol–water partition coefficient (Wildman–Crippen LogP) is 2.81. The van der Waals surface area contributed by atoms with E-state index in [-0.39, 0.29) is 11.3 Å². The third-order valence-corrected chi connectivity index (χ3v) is 2.90. The molecule has 1 amide bonds. The number of nitro benzene ring substituents is 1. The van der Waals surface area contributed by atoms with E-state index < -0.39 is 16.6 Å². The molecule has 2 rings (SSSR count).